The molecular weight excluding hydrogens is 293 g/mol. The number of halogens is 1. The fourth-order valence-electron chi connectivity index (χ4n) is 3.17. The first-order chi connectivity index (χ1) is 10.9. The van der Waals surface area contributed by atoms with Gasteiger partial charge in [0.05, 0.1) is 6.54 Å². The normalized spacial score (nSPS) is 18.1. The number of benzene rings is 1. The van der Waals surface area contributed by atoms with Crippen LogP contribution in [0.2, 0.25) is 0 Å². The largest absolute Gasteiger partial charge is 0.357 e. The summed E-state index contributed by atoms with van der Waals surface area (Å²) in [4.78, 5) is 17.2. The second-order valence-electron chi connectivity index (χ2n) is 6.91. The van der Waals surface area contributed by atoms with E-state index in [1.807, 2.05) is 30.9 Å². The van der Waals surface area contributed by atoms with E-state index in [4.69, 9.17) is 0 Å². The third-order valence-corrected chi connectivity index (χ3v) is 4.56. The monoisotopic (exact) mass is 317 g/mol. The number of carbonyl (C=O) groups is 1. The molecule has 124 valence electrons. The Morgan fingerprint density at radius 1 is 1.43 bits per heavy atom. The molecule has 1 aromatic heterocycles. The van der Waals surface area contributed by atoms with E-state index in [1.54, 1.807) is 6.07 Å². The van der Waals surface area contributed by atoms with Crippen molar-refractivity contribution in [3.8, 4) is 0 Å². The van der Waals surface area contributed by atoms with Gasteiger partial charge < -0.3 is 15.2 Å². The second kappa shape index (κ2) is 6.22. The number of aromatic nitrogens is 1. The minimum atomic E-state index is -0.173. The standard InChI is InChI=1S/C18H24FN3O/c1-11(2)15-8-17-13(7-16(15)19)6-14(21-17)9-20-18(23)22-5-4-12(3)10-22/h6-8,11-12,21H,4-5,9-10H2,1-3H3,(H,20,23). The molecule has 4 nitrogen and oxygen atoms in total. The summed E-state index contributed by atoms with van der Waals surface area (Å²) in [6.07, 6.45) is 1.07. The zero-order valence-electron chi connectivity index (χ0n) is 13.9. The predicted octanol–water partition coefficient (Wildman–Crippen LogP) is 3.98. The molecule has 0 aliphatic carbocycles. The van der Waals surface area contributed by atoms with Crippen molar-refractivity contribution in [2.75, 3.05) is 13.1 Å². The number of nitrogens with one attached hydrogen (secondary N) is 2. The zero-order chi connectivity index (χ0) is 16.6. The van der Waals surface area contributed by atoms with Gasteiger partial charge in [0.1, 0.15) is 5.82 Å². The molecule has 1 aliphatic rings. The minimum Gasteiger partial charge on any atom is -0.357 e. The number of hydrogen-bond donors (Lipinski definition) is 2. The highest BCUT2D eigenvalue weighted by atomic mass is 19.1. The van der Waals surface area contributed by atoms with E-state index in [2.05, 4.69) is 17.2 Å². The number of H-pyrrole nitrogens is 1. The van der Waals surface area contributed by atoms with Gasteiger partial charge >= 0.3 is 6.03 Å². The Hall–Kier alpha value is -2.04. The highest BCUT2D eigenvalue weighted by Gasteiger charge is 2.22. The summed E-state index contributed by atoms with van der Waals surface area (Å²) in [7, 11) is 0. The van der Waals surface area contributed by atoms with Gasteiger partial charge in [-0.3, -0.25) is 0 Å². The number of carbonyl (C=O) groups excluding carboxylic acids is 1. The molecule has 2 amide bonds. The fraction of sp³-hybridized carbons (Fsp3) is 0.500. The SMILES string of the molecule is CC1CCN(C(=O)NCc2cc3cc(F)c(C(C)C)cc3[nH]2)C1. The van der Waals surface area contributed by atoms with Crippen LogP contribution in [0.3, 0.4) is 0 Å². The first kappa shape index (κ1) is 15.8. The molecule has 2 aromatic rings. The third kappa shape index (κ3) is 3.33. The van der Waals surface area contributed by atoms with Crippen LogP contribution in [0, 0.1) is 11.7 Å². The van der Waals surface area contributed by atoms with Crippen molar-refractivity contribution >= 4 is 16.9 Å². The van der Waals surface area contributed by atoms with Crippen molar-refractivity contribution in [1.29, 1.82) is 0 Å². The first-order valence-corrected chi connectivity index (χ1v) is 8.28. The third-order valence-electron chi connectivity index (χ3n) is 4.56. The number of nitrogens with zero attached hydrogens (tertiary/aromatic N) is 1. The number of fused-ring (bicyclic) bond motifs is 1. The van der Waals surface area contributed by atoms with Crippen LogP contribution in [0.1, 0.15) is 44.4 Å². The summed E-state index contributed by atoms with van der Waals surface area (Å²) in [5.74, 6) is 0.544. The van der Waals surface area contributed by atoms with Crippen LogP contribution in [-0.2, 0) is 6.54 Å². The summed E-state index contributed by atoms with van der Waals surface area (Å²) in [5.41, 5.74) is 2.51. The maximum absolute atomic E-state index is 14.0. The van der Waals surface area contributed by atoms with E-state index in [0.29, 0.717) is 18.0 Å². The van der Waals surface area contributed by atoms with Gasteiger partial charge in [-0.15, -0.1) is 0 Å². The van der Waals surface area contributed by atoms with Gasteiger partial charge in [-0.1, -0.05) is 20.8 Å². The van der Waals surface area contributed by atoms with Crippen molar-refractivity contribution in [1.82, 2.24) is 15.2 Å². The molecule has 1 saturated heterocycles. The van der Waals surface area contributed by atoms with Crippen LogP contribution in [0.25, 0.3) is 10.9 Å². The molecule has 2 N–H and O–H groups in total. The highest BCUT2D eigenvalue weighted by Crippen LogP contribution is 2.25. The van der Waals surface area contributed by atoms with E-state index in [1.165, 1.54) is 0 Å². The number of aromatic amines is 1. The van der Waals surface area contributed by atoms with Gasteiger partial charge in [0.25, 0.3) is 0 Å². The van der Waals surface area contributed by atoms with Crippen molar-refractivity contribution in [3.05, 3.63) is 35.3 Å². The number of amides is 2. The zero-order valence-corrected chi connectivity index (χ0v) is 13.9. The average molecular weight is 317 g/mol. The molecular formula is C18H24FN3O. The Morgan fingerprint density at radius 2 is 2.22 bits per heavy atom. The van der Waals surface area contributed by atoms with Crippen molar-refractivity contribution in [2.24, 2.45) is 5.92 Å². The summed E-state index contributed by atoms with van der Waals surface area (Å²) >= 11 is 0. The number of urea groups is 1. The summed E-state index contributed by atoms with van der Waals surface area (Å²) in [6.45, 7) is 8.18. The average Bonchev–Trinajstić information content (AvgIpc) is 3.09. The van der Waals surface area contributed by atoms with E-state index in [9.17, 15) is 9.18 Å². The molecule has 0 saturated carbocycles. The molecule has 1 atom stereocenters. The quantitative estimate of drug-likeness (QED) is 0.884. The van der Waals surface area contributed by atoms with E-state index in [-0.39, 0.29) is 17.8 Å². The van der Waals surface area contributed by atoms with E-state index < -0.39 is 0 Å². The molecule has 0 radical (unpaired) electrons. The first-order valence-electron chi connectivity index (χ1n) is 8.28. The molecule has 2 heterocycles. The van der Waals surface area contributed by atoms with Crippen LogP contribution in [0.5, 0.6) is 0 Å². The van der Waals surface area contributed by atoms with Crippen LogP contribution in [0.15, 0.2) is 18.2 Å². The second-order valence-corrected chi connectivity index (χ2v) is 6.91. The molecule has 3 rings (SSSR count). The molecule has 1 fully saturated rings. The summed E-state index contributed by atoms with van der Waals surface area (Å²) < 4.78 is 14.0. The Labute approximate surface area is 136 Å². The van der Waals surface area contributed by atoms with Crippen molar-refractivity contribution in [3.63, 3.8) is 0 Å². The molecule has 1 aromatic carbocycles. The topological polar surface area (TPSA) is 48.1 Å². The number of rotatable bonds is 3. The lowest BCUT2D eigenvalue weighted by atomic mass is 10.0. The Kier molecular flexibility index (Phi) is 4.28. The van der Waals surface area contributed by atoms with Gasteiger partial charge in [0, 0.05) is 29.7 Å². The Balaban J connectivity index is 1.70. The lowest BCUT2D eigenvalue weighted by Crippen LogP contribution is -2.38. The fourth-order valence-corrected chi connectivity index (χ4v) is 3.17. The predicted molar refractivity (Wildman–Crippen MR) is 89.9 cm³/mol. The molecule has 23 heavy (non-hydrogen) atoms. The maximum Gasteiger partial charge on any atom is 0.317 e. The van der Waals surface area contributed by atoms with Crippen LogP contribution >= 0.6 is 0 Å². The van der Waals surface area contributed by atoms with E-state index >= 15 is 0 Å². The highest BCUT2D eigenvalue weighted by molar-refractivity contribution is 5.81. The molecule has 0 spiro atoms. The Bertz CT molecular complexity index is 722. The van der Waals surface area contributed by atoms with Crippen molar-refractivity contribution < 1.29 is 9.18 Å². The molecule has 1 aliphatic heterocycles. The maximum atomic E-state index is 14.0. The van der Waals surface area contributed by atoms with Crippen LogP contribution in [-0.4, -0.2) is 29.0 Å². The lowest BCUT2D eigenvalue weighted by molar-refractivity contribution is 0.207. The molecule has 1 unspecified atom stereocenters. The Morgan fingerprint density at radius 3 is 2.87 bits per heavy atom. The van der Waals surface area contributed by atoms with Gasteiger partial charge in [-0.2, -0.15) is 0 Å². The molecule has 0 bridgehead atoms. The van der Waals surface area contributed by atoms with Gasteiger partial charge in [0.2, 0.25) is 0 Å². The van der Waals surface area contributed by atoms with E-state index in [0.717, 1.165) is 36.1 Å². The lowest BCUT2D eigenvalue weighted by Gasteiger charge is -2.16. The number of likely N-dealkylation sites (tertiary alicyclic amines) is 1. The van der Waals surface area contributed by atoms with Crippen LogP contribution < -0.4 is 5.32 Å². The summed E-state index contributed by atoms with van der Waals surface area (Å²) in [5, 5.41) is 3.78. The van der Waals surface area contributed by atoms with Crippen LogP contribution in [0.4, 0.5) is 9.18 Å². The van der Waals surface area contributed by atoms with Gasteiger partial charge in [0.15, 0.2) is 0 Å². The smallest absolute Gasteiger partial charge is 0.317 e. The number of hydrogen-bond acceptors (Lipinski definition) is 1. The van der Waals surface area contributed by atoms with Gasteiger partial charge in [-0.25, -0.2) is 9.18 Å². The molecule has 5 heteroatoms. The van der Waals surface area contributed by atoms with Crippen molar-refractivity contribution in [2.45, 2.75) is 39.7 Å². The van der Waals surface area contributed by atoms with Gasteiger partial charge in [-0.05, 0) is 42.0 Å². The summed E-state index contributed by atoms with van der Waals surface area (Å²) in [6, 6.07) is 5.30. The minimum absolute atomic E-state index is 0.0259.